The number of hydrogen-bond acceptors (Lipinski definition) is 3. The first-order valence-electron chi connectivity index (χ1n) is 6.73. The highest BCUT2D eigenvalue weighted by Gasteiger charge is 2.20. The highest BCUT2D eigenvalue weighted by atomic mass is 32.1. The Labute approximate surface area is 113 Å². The van der Waals surface area contributed by atoms with Crippen LogP contribution in [0.1, 0.15) is 41.3 Å². The van der Waals surface area contributed by atoms with Gasteiger partial charge in [-0.15, -0.1) is 11.3 Å². The summed E-state index contributed by atoms with van der Waals surface area (Å²) in [5.74, 6) is 0.955. The number of amides is 1. The van der Waals surface area contributed by atoms with E-state index in [-0.39, 0.29) is 5.91 Å². The lowest BCUT2D eigenvalue weighted by Crippen LogP contribution is -2.32. The average molecular weight is 266 g/mol. The lowest BCUT2D eigenvalue weighted by Gasteiger charge is -2.20. The third kappa shape index (κ3) is 3.31. The van der Waals surface area contributed by atoms with Gasteiger partial charge in [0.25, 0.3) is 0 Å². The fraction of sp³-hybridized carbons (Fsp3) is 0.714. The maximum absolute atomic E-state index is 12.2. The van der Waals surface area contributed by atoms with Gasteiger partial charge in [-0.25, -0.2) is 4.98 Å². The summed E-state index contributed by atoms with van der Waals surface area (Å²) in [6.45, 7) is 4.91. The SMILES string of the molecule is Cc1nc(C)c(CC(=O)N(C)CC2CCCC2)s1. The number of carbonyl (C=O) groups is 1. The smallest absolute Gasteiger partial charge is 0.227 e. The minimum absolute atomic E-state index is 0.230. The largest absolute Gasteiger partial charge is 0.345 e. The Bertz CT molecular complexity index is 421. The molecule has 1 saturated carbocycles. The predicted octanol–water partition coefficient (Wildman–Crippen LogP) is 2.95. The van der Waals surface area contributed by atoms with Crippen LogP contribution in [0.2, 0.25) is 0 Å². The van der Waals surface area contributed by atoms with Gasteiger partial charge in [0, 0.05) is 18.5 Å². The first-order valence-corrected chi connectivity index (χ1v) is 7.54. The molecule has 0 saturated heterocycles. The topological polar surface area (TPSA) is 33.2 Å². The van der Waals surface area contributed by atoms with E-state index in [1.54, 1.807) is 11.3 Å². The summed E-state index contributed by atoms with van der Waals surface area (Å²) in [4.78, 5) is 19.6. The van der Waals surface area contributed by atoms with Crippen molar-refractivity contribution in [1.29, 1.82) is 0 Å². The third-order valence-electron chi connectivity index (χ3n) is 3.74. The van der Waals surface area contributed by atoms with Gasteiger partial charge in [0.05, 0.1) is 17.1 Å². The molecule has 1 fully saturated rings. The minimum atomic E-state index is 0.230. The summed E-state index contributed by atoms with van der Waals surface area (Å²) >= 11 is 1.64. The van der Waals surface area contributed by atoms with Crippen molar-refractivity contribution in [2.24, 2.45) is 5.92 Å². The van der Waals surface area contributed by atoms with Crippen LogP contribution in [0.3, 0.4) is 0 Å². The van der Waals surface area contributed by atoms with Crippen molar-refractivity contribution in [3.8, 4) is 0 Å². The molecule has 0 aliphatic heterocycles. The monoisotopic (exact) mass is 266 g/mol. The maximum atomic E-state index is 12.2. The number of aryl methyl sites for hydroxylation is 2. The van der Waals surface area contributed by atoms with Crippen LogP contribution < -0.4 is 0 Å². The Morgan fingerprint density at radius 3 is 2.61 bits per heavy atom. The molecular weight excluding hydrogens is 244 g/mol. The van der Waals surface area contributed by atoms with Gasteiger partial charge in [0.2, 0.25) is 5.91 Å². The number of rotatable bonds is 4. The Kier molecular flexibility index (Phi) is 4.38. The highest BCUT2D eigenvalue weighted by molar-refractivity contribution is 7.11. The number of carbonyl (C=O) groups excluding carboxylic acids is 1. The molecule has 0 atom stereocenters. The minimum Gasteiger partial charge on any atom is -0.345 e. The van der Waals surface area contributed by atoms with Gasteiger partial charge in [0.1, 0.15) is 0 Å². The van der Waals surface area contributed by atoms with Crippen LogP contribution in [0.15, 0.2) is 0 Å². The second-order valence-corrected chi connectivity index (χ2v) is 6.63. The van der Waals surface area contributed by atoms with E-state index in [0.29, 0.717) is 6.42 Å². The Morgan fingerprint density at radius 1 is 1.39 bits per heavy atom. The molecule has 0 radical (unpaired) electrons. The Morgan fingerprint density at radius 2 is 2.06 bits per heavy atom. The second-order valence-electron chi connectivity index (χ2n) is 5.34. The quantitative estimate of drug-likeness (QED) is 0.839. The van der Waals surface area contributed by atoms with Gasteiger partial charge >= 0.3 is 0 Å². The molecule has 18 heavy (non-hydrogen) atoms. The Hall–Kier alpha value is -0.900. The van der Waals surface area contributed by atoms with E-state index in [9.17, 15) is 4.79 Å². The second kappa shape index (κ2) is 5.83. The van der Waals surface area contributed by atoms with Crippen LogP contribution in [0.4, 0.5) is 0 Å². The summed E-state index contributed by atoms with van der Waals surface area (Å²) in [5, 5.41) is 1.05. The van der Waals surface area contributed by atoms with Crippen LogP contribution in [-0.2, 0) is 11.2 Å². The zero-order valence-corrected chi connectivity index (χ0v) is 12.3. The zero-order valence-electron chi connectivity index (χ0n) is 11.5. The van der Waals surface area contributed by atoms with Crippen molar-refractivity contribution in [1.82, 2.24) is 9.88 Å². The van der Waals surface area contributed by atoms with E-state index in [4.69, 9.17) is 0 Å². The molecule has 0 unspecified atom stereocenters. The molecule has 1 heterocycles. The van der Waals surface area contributed by atoms with E-state index in [2.05, 4.69) is 4.98 Å². The van der Waals surface area contributed by atoms with E-state index in [0.717, 1.165) is 28.0 Å². The summed E-state index contributed by atoms with van der Waals surface area (Å²) in [6, 6.07) is 0. The summed E-state index contributed by atoms with van der Waals surface area (Å²) in [7, 11) is 1.93. The molecule has 0 spiro atoms. The number of aromatic nitrogens is 1. The molecule has 1 aliphatic rings. The first kappa shape index (κ1) is 13.5. The summed E-state index contributed by atoms with van der Waals surface area (Å²) in [6.07, 6.45) is 5.76. The number of thiazole rings is 1. The van der Waals surface area contributed by atoms with Gasteiger partial charge in [-0.1, -0.05) is 12.8 Å². The summed E-state index contributed by atoms with van der Waals surface area (Å²) < 4.78 is 0. The summed E-state index contributed by atoms with van der Waals surface area (Å²) in [5.41, 5.74) is 1.01. The molecule has 3 nitrogen and oxygen atoms in total. The van der Waals surface area contributed by atoms with Crippen molar-refractivity contribution in [3.63, 3.8) is 0 Å². The van der Waals surface area contributed by atoms with Crippen LogP contribution in [-0.4, -0.2) is 29.4 Å². The van der Waals surface area contributed by atoms with Crippen molar-refractivity contribution in [3.05, 3.63) is 15.6 Å². The molecule has 0 aromatic carbocycles. The fourth-order valence-electron chi connectivity index (χ4n) is 2.69. The van der Waals surface area contributed by atoms with Crippen molar-refractivity contribution < 1.29 is 4.79 Å². The third-order valence-corrected chi connectivity index (χ3v) is 4.82. The molecule has 1 aliphatic carbocycles. The molecule has 2 rings (SSSR count). The fourth-order valence-corrected chi connectivity index (χ4v) is 3.62. The van der Waals surface area contributed by atoms with E-state index < -0.39 is 0 Å². The molecule has 0 bridgehead atoms. The normalized spacial score (nSPS) is 16.2. The standard InChI is InChI=1S/C14H22N2OS/c1-10-13(18-11(2)15-10)8-14(17)16(3)9-12-6-4-5-7-12/h12H,4-9H2,1-3H3. The van der Waals surface area contributed by atoms with Gasteiger partial charge < -0.3 is 4.90 Å². The van der Waals surface area contributed by atoms with Crippen LogP contribution in [0, 0.1) is 19.8 Å². The molecule has 1 aromatic rings. The predicted molar refractivity (Wildman–Crippen MR) is 74.9 cm³/mol. The van der Waals surface area contributed by atoms with Gasteiger partial charge in [-0.05, 0) is 32.6 Å². The lowest BCUT2D eigenvalue weighted by molar-refractivity contribution is -0.129. The lowest BCUT2D eigenvalue weighted by atomic mass is 10.1. The zero-order chi connectivity index (χ0) is 13.1. The molecule has 0 N–H and O–H groups in total. The molecule has 1 amide bonds. The molecule has 4 heteroatoms. The number of nitrogens with zero attached hydrogens (tertiary/aromatic N) is 2. The van der Waals surface area contributed by atoms with Crippen molar-refractivity contribution in [2.75, 3.05) is 13.6 Å². The van der Waals surface area contributed by atoms with E-state index >= 15 is 0 Å². The maximum Gasteiger partial charge on any atom is 0.227 e. The molecule has 100 valence electrons. The van der Waals surface area contributed by atoms with Crippen LogP contribution in [0.5, 0.6) is 0 Å². The highest BCUT2D eigenvalue weighted by Crippen LogP contribution is 2.25. The van der Waals surface area contributed by atoms with Gasteiger partial charge in [-0.2, -0.15) is 0 Å². The Balaban J connectivity index is 1.88. The van der Waals surface area contributed by atoms with Crippen LogP contribution >= 0.6 is 11.3 Å². The van der Waals surface area contributed by atoms with Crippen molar-refractivity contribution >= 4 is 17.2 Å². The van der Waals surface area contributed by atoms with Crippen LogP contribution in [0.25, 0.3) is 0 Å². The van der Waals surface area contributed by atoms with Crippen molar-refractivity contribution in [2.45, 2.75) is 46.0 Å². The average Bonchev–Trinajstić information content (AvgIpc) is 2.89. The van der Waals surface area contributed by atoms with E-state index in [1.165, 1.54) is 25.7 Å². The number of likely N-dealkylation sites (N-methyl/N-ethyl adjacent to an activating group) is 1. The first-order chi connectivity index (χ1) is 8.56. The van der Waals surface area contributed by atoms with Gasteiger partial charge in [-0.3, -0.25) is 4.79 Å². The van der Waals surface area contributed by atoms with E-state index in [1.807, 2.05) is 25.8 Å². The molecule has 1 aromatic heterocycles. The van der Waals surface area contributed by atoms with Gasteiger partial charge in [0.15, 0.2) is 0 Å². The molecular formula is C14H22N2OS. The number of hydrogen-bond donors (Lipinski definition) is 0.